The van der Waals surface area contributed by atoms with E-state index in [4.69, 9.17) is 4.74 Å². The molecule has 4 rings (SSSR count). The quantitative estimate of drug-likeness (QED) is 0.729. The molecule has 0 aliphatic carbocycles. The predicted octanol–water partition coefficient (Wildman–Crippen LogP) is 2.77. The molecule has 22 heavy (non-hydrogen) atoms. The van der Waals surface area contributed by atoms with Gasteiger partial charge in [0.15, 0.2) is 5.43 Å². The van der Waals surface area contributed by atoms with Gasteiger partial charge < -0.3 is 4.74 Å². The highest BCUT2D eigenvalue weighted by Crippen LogP contribution is 2.30. The van der Waals surface area contributed by atoms with Gasteiger partial charge in [-0.05, 0) is 24.6 Å². The van der Waals surface area contributed by atoms with E-state index in [2.05, 4.69) is 17.1 Å². The number of nitrogens with zero attached hydrogens (tertiary/aromatic N) is 2. The van der Waals surface area contributed by atoms with E-state index in [1.807, 2.05) is 41.8 Å². The van der Waals surface area contributed by atoms with Crippen LogP contribution in [0.2, 0.25) is 0 Å². The van der Waals surface area contributed by atoms with E-state index >= 15 is 0 Å². The van der Waals surface area contributed by atoms with Gasteiger partial charge >= 0.3 is 0 Å². The standard InChI is InChI=1S/C18H16N2O2/c1-12-10-15-16(21)14-8-5-9-19-17(14)20(18(15)22-12)11-13-6-3-2-4-7-13/h2-9,12H,10-11H2,1H3. The van der Waals surface area contributed by atoms with Crippen molar-refractivity contribution >= 4 is 11.0 Å². The Balaban J connectivity index is 1.99. The first kappa shape index (κ1) is 13.1. The molecule has 1 aliphatic rings. The van der Waals surface area contributed by atoms with Crippen LogP contribution in [0.4, 0.5) is 0 Å². The third-order valence-corrected chi connectivity index (χ3v) is 4.05. The third-order valence-electron chi connectivity index (χ3n) is 4.05. The van der Waals surface area contributed by atoms with Crippen LogP contribution < -0.4 is 10.2 Å². The first-order chi connectivity index (χ1) is 10.7. The van der Waals surface area contributed by atoms with Gasteiger partial charge in [-0.15, -0.1) is 0 Å². The monoisotopic (exact) mass is 292 g/mol. The van der Waals surface area contributed by atoms with Crippen LogP contribution in [0.1, 0.15) is 18.1 Å². The summed E-state index contributed by atoms with van der Waals surface area (Å²) < 4.78 is 7.94. The molecule has 3 heterocycles. The highest BCUT2D eigenvalue weighted by Gasteiger charge is 2.27. The van der Waals surface area contributed by atoms with Gasteiger partial charge in [-0.3, -0.25) is 9.36 Å². The van der Waals surface area contributed by atoms with Crippen LogP contribution in [-0.2, 0) is 13.0 Å². The Labute approximate surface area is 128 Å². The zero-order chi connectivity index (χ0) is 15.1. The van der Waals surface area contributed by atoms with Gasteiger partial charge in [-0.2, -0.15) is 0 Å². The number of rotatable bonds is 2. The van der Waals surface area contributed by atoms with Crippen LogP contribution in [0.15, 0.2) is 53.5 Å². The lowest BCUT2D eigenvalue weighted by atomic mass is 10.1. The van der Waals surface area contributed by atoms with E-state index in [-0.39, 0.29) is 11.5 Å². The van der Waals surface area contributed by atoms with Gasteiger partial charge in [0.1, 0.15) is 11.8 Å². The zero-order valence-corrected chi connectivity index (χ0v) is 12.3. The molecule has 110 valence electrons. The second kappa shape index (κ2) is 4.98. The third kappa shape index (κ3) is 1.99. The lowest BCUT2D eigenvalue weighted by molar-refractivity contribution is 0.237. The maximum absolute atomic E-state index is 12.6. The van der Waals surface area contributed by atoms with E-state index in [0.717, 1.165) is 11.1 Å². The predicted molar refractivity (Wildman–Crippen MR) is 85.3 cm³/mol. The average molecular weight is 292 g/mol. The first-order valence-electron chi connectivity index (χ1n) is 7.45. The van der Waals surface area contributed by atoms with E-state index in [9.17, 15) is 4.79 Å². The molecule has 0 saturated carbocycles. The molecular weight excluding hydrogens is 276 g/mol. The molecule has 0 fully saturated rings. The number of pyridine rings is 2. The number of benzene rings is 1. The molecule has 0 bridgehead atoms. The van der Waals surface area contributed by atoms with Gasteiger partial charge in [-0.1, -0.05) is 30.3 Å². The Hall–Kier alpha value is -2.62. The highest BCUT2D eigenvalue weighted by molar-refractivity contribution is 5.77. The van der Waals surface area contributed by atoms with Crippen LogP contribution in [0.5, 0.6) is 5.88 Å². The minimum Gasteiger partial charge on any atom is -0.475 e. The van der Waals surface area contributed by atoms with Crippen molar-refractivity contribution in [2.75, 3.05) is 0 Å². The molecule has 4 heteroatoms. The zero-order valence-electron chi connectivity index (χ0n) is 12.3. The Morgan fingerprint density at radius 2 is 2.05 bits per heavy atom. The fourth-order valence-corrected chi connectivity index (χ4v) is 3.06. The molecule has 1 atom stereocenters. The maximum atomic E-state index is 12.6. The van der Waals surface area contributed by atoms with E-state index in [1.165, 1.54) is 0 Å². The lowest BCUT2D eigenvalue weighted by Gasteiger charge is -2.15. The number of ether oxygens (including phenoxy) is 1. The Morgan fingerprint density at radius 3 is 2.86 bits per heavy atom. The topological polar surface area (TPSA) is 44.1 Å². The molecule has 4 nitrogen and oxygen atoms in total. The van der Waals surface area contributed by atoms with Crippen LogP contribution in [0, 0.1) is 0 Å². The summed E-state index contributed by atoms with van der Waals surface area (Å²) in [5.41, 5.74) is 2.66. The Morgan fingerprint density at radius 1 is 1.23 bits per heavy atom. The second-order valence-corrected chi connectivity index (χ2v) is 5.69. The molecule has 1 unspecified atom stereocenters. The van der Waals surface area contributed by atoms with Crippen molar-refractivity contribution in [3.63, 3.8) is 0 Å². The molecular formula is C18H16N2O2. The van der Waals surface area contributed by atoms with Crippen molar-refractivity contribution in [3.8, 4) is 5.88 Å². The fourth-order valence-electron chi connectivity index (χ4n) is 3.06. The van der Waals surface area contributed by atoms with Gasteiger partial charge in [-0.25, -0.2) is 4.98 Å². The summed E-state index contributed by atoms with van der Waals surface area (Å²) in [5, 5.41) is 0.662. The molecule has 3 aromatic rings. The molecule has 0 amide bonds. The molecule has 1 aromatic carbocycles. The van der Waals surface area contributed by atoms with Crippen molar-refractivity contribution in [3.05, 3.63) is 70.0 Å². The largest absolute Gasteiger partial charge is 0.475 e. The van der Waals surface area contributed by atoms with Crippen molar-refractivity contribution in [1.29, 1.82) is 0 Å². The Bertz CT molecular complexity index is 900. The Kier molecular flexibility index (Phi) is 2.96. The van der Waals surface area contributed by atoms with Crippen LogP contribution in [0.3, 0.4) is 0 Å². The number of aromatic nitrogens is 2. The van der Waals surface area contributed by atoms with Crippen molar-refractivity contribution in [2.45, 2.75) is 26.0 Å². The van der Waals surface area contributed by atoms with Gasteiger partial charge in [0.2, 0.25) is 5.88 Å². The SMILES string of the molecule is CC1Cc2c(n(Cc3ccccc3)c3ncccc3c2=O)O1. The lowest BCUT2D eigenvalue weighted by Crippen LogP contribution is -2.15. The summed E-state index contributed by atoms with van der Waals surface area (Å²) in [5.74, 6) is 0.674. The smallest absolute Gasteiger partial charge is 0.203 e. The van der Waals surface area contributed by atoms with E-state index in [0.29, 0.717) is 29.9 Å². The van der Waals surface area contributed by atoms with E-state index in [1.54, 1.807) is 6.20 Å². The number of hydrogen-bond donors (Lipinski definition) is 0. The molecule has 2 aromatic heterocycles. The summed E-state index contributed by atoms with van der Waals surface area (Å²) >= 11 is 0. The van der Waals surface area contributed by atoms with Gasteiger partial charge in [0, 0.05) is 12.6 Å². The van der Waals surface area contributed by atoms with Crippen molar-refractivity contribution in [2.24, 2.45) is 0 Å². The minimum absolute atomic E-state index is 0.0292. The highest BCUT2D eigenvalue weighted by atomic mass is 16.5. The molecule has 0 spiro atoms. The minimum atomic E-state index is 0.0292. The molecule has 0 saturated heterocycles. The summed E-state index contributed by atoms with van der Waals surface area (Å²) in [6.07, 6.45) is 2.41. The average Bonchev–Trinajstić information content (AvgIpc) is 2.94. The normalized spacial score (nSPS) is 16.5. The summed E-state index contributed by atoms with van der Waals surface area (Å²) in [6.45, 7) is 2.63. The maximum Gasteiger partial charge on any atom is 0.203 e. The summed E-state index contributed by atoms with van der Waals surface area (Å²) in [4.78, 5) is 17.1. The van der Waals surface area contributed by atoms with Crippen LogP contribution >= 0.6 is 0 Å². The number of fused-ring (bicyclic) bond motifs is 2. The van der Waals surface area contributed by atoms with Crippen molar-refractivity contribution < 1.29 is 4.74 Å². The van der Waals surface area contributed by atoms with Gasteiger partial charge in [0.05, 0.1) is 17.5 Å². The van der Waals surface area contributed by atoms with Crippen LogP contribution in [0.25, 0.3) is 11.0 Å². The molecule has 0 radical (unpaired) electrons. The first-order valence-corrected chi connectivity index (χ1v) is 7.45. The number of hydrogen-bond acceptors (Lipinski definition) is 3. The van der Waals surface area contributed by atoms with Crippen LogP contribution in [-0.4, -0.2) is 15.7 Å². The summed E-state index contributed by atoms with van der Waals surface area (Å²) in [6, 6.07) is 13.8. The van der Waals surface area contributed by atoms with E-state index < -0.39 is 0 Å². The second-order valence-electron chi connectivity index (χ2n) is 5.69. The molecule has 1 aliphatic heterocycles. The summed E-state index contributed by atoms with van der Waals surface area (Å²) in [7, 11) is 0. The van der Waals surface area contributed by atoms with Gasteiger partial charge in [0.25, 0.3) is 0 Å². The van der Waals surface area contributed by atoms with Crippen molar-refractivity contribution in [1.82, 2.24) is 9.55 Å². The molecule has 0 N–H and O–H groups in total. The fraction of sp³-hybridized carbons (Fsp3) is 0.222.